The third-order valence-corrected chi connectivity index (χ3v) is 5.52. The van der Waals surface area contributed by atoms with Gasteiger partial charge in [0.25, 0.3) is 5.91 Å². The van der Waals surface area contributed by atoms with Gasteiger partial charge in [0.1, 0.15) is 5.69 Å². The smallest absolute Gasteiger partial charge is 0.275 e. The number of aromatic nitrogens is 2. The van der Waals surface area contributed by atoms with Crippen molar-refractivity contribution in [2.45, 2.75) is 70.9 Å². The molecule has 1 saturated heterocycles. The van der Waals surface area contributed by atoms with Gasteiger partial charge in [-0.2, -0.15) is 0 Å². The number of carbonyl (C=O) groups is 2. The van der Waals surface area contributed by atoms with Crippen LogP contribution in [0.3, 0.4) is 0 Å². The van der Waals surface area contributed by atoms with Gasteiger partial charge in [-0.15, -0.1) is 0 Å². The normalized spacial score (nSPS) is 26.0. The lowest BCUT2D eigenvalue weighted by atomic mass is 9.82. The molecule has 1 aliphatic carbocycles. The Kier molecular flexibility index (Phi) is 6.82. The number of aryl methyl sites for hydroxylation is 1. The highest BCUT2D eigenvalue weighted by atomic mass is 16.6. The molecule has 2 aliphatic rings. The Morgan fingerprint density at radius 1 is 1.22 bits per heavy atom. The SMILES string of the molecule is CCCO[C@@H]1CC[C@H](C(=O)N2CCCCC2)C[C@H]1NC(=O)c1nonc1C. The summed E-state index contributed by atoms with van der Waals surface area (Å²) in [5.41, 5.74) is 0.643. The van der Waals surface area contributed by atoms with Crippen molar-refractivity contribution in [2.75, 3.05) is 19.7 Å². The van der Waals surface area contributed by atoms with Gasteiger partial charge in [-0.05, 0) is 57.0 Å². The topological polar surface area (TPSA) is 97.6 Å². The van der Waals surface area contributed by atoms with Crippen LogP contribution in [-0.2, 0) is 9.53 Å². The first kappa shape index (κ1) is 19.8. The number of hydrogen-bond acceptors (Lipinski definition) is 6. The number of piperidine rings is 1. The number of nitrogens with one attached hydrogen (secondary N) is 1. The summed E-state index contributed by atoms with van der Waals surface area (Å²) >= 11 is 0. The molecule has 0 bridgehead atoms. The minimum absolute atomic E-state index is 0.0635. The van der Waals surface area contributed by atoms with Crippen LogP contribution in [0.15, 0.2) is 4.63 Å². The first-order chi connectivity index (χ1) is 13.1. The number of rotatable bonds is 6. The maximum absolute atomic E-state index is 12.9. The second-order valence-electron chi connectivity index (χ2n) is 7.58. The largest absolute Gasteiger partial charge is 0.376 e. The van der Waals surface area contributed by atoms with Gasteiger partial charge < -0.3 is 15.0 Å². The van der Waals surface area contributed by atoms with Crippen molar-refractivity contribution in [3.8, 4) is 0 Å². The van der Waals surface area contributed by atoms with Crippen LogP contribution in [-0.4, -0.2) is 58.9 Å². The highest BCUT2D eigenvalue weighted by Gasteiger charge is 2.37. The molecule has 1 aromatic rings. The fourth-order valence-corrected chi connectivity index (χ4v) is 4.03. The highest BCUT2D eigenvalue weighted by molar-refractivity contribution is 5.93. The molecule has 0 aromatic carbocycles. The third kappa shape index (κ3) is 4.86. The van der Waals surface area contributed by atoms with Gasteiger partial charge in [0.2, 0.25) is 5.91 Å². The predicted octanol–water partition coefficient (Wildman–Crippen LogP) is 2.08. The third-order valence-electron chi connectivity index (χ3n) is 5.52. The van der Waals surface area contributed by atoms with E-state index in [1.54, 1.807) is 6.92 Å². The van der Waals surface area contributed by atoms with E-state index in [0.717, 1.165) is 45.2 Å². The van der Waals surface area contributed by atoms with Crippen LogP contribution in [0.25, 0.3) is 0 Å². The van der Waals surface area contributed by atoms with E-state index in [2.05, 4.69) is 27.2 Å². The van der Waals surface area contributed by atoms with Crippen molar-refractivity contribution >= 4 is 11.8 Å². The van der Waals surface area contributed by atoms with Gasteiger partial charge in [-0.3, -0.25) is 9.59 Å². The van der Waals surface area contributed by atoms with Gasteiger partial charge in [-0.1, -0.05) is 12.1 Å². The first-order valence-corrected chi connectivity index (χ1v) is 10.1. The van der Waals surface area contributed by atoms with Crippen LogP contribution in [0.2, 0.25) is 0 Å². The molecule has 3 rings (SSSR count). The van der Waals surface area contributed by atoms with E-state index in [9.17, 15) is 9.59 Å². The van der Waals surface area contributed by atoms with E-state index in [1.165, 1.54) is 6.42 Å². The van der Waals surface area contributed by atoms with Crippen LogP contribution in [0.5, 0.6) is 0 Å². The number of carbonyl (C=O) groups excluding carboxylic acids is 2. The lowest BCUT2D eigenvalue weighted by Crippen LogP contribution is -2.51. The van der Waals surface area contributed by atoms with Crippen molar-refractivity contribution in [3.05, 3.63) is 11.4 Å². The van der Waals surface area contributed by atoms with Crippen molar-refractivity contribution < 1.29 is 19.0 Å². The fourth-order valence-electron chi connectivity index (χ4n) is 4.03. The van der Waals surface area contributed by atoms with Crippen molar-refractivity contribution in [3.63, 3.8) is 0 Å². The van der Waals surface area contributed by atoms with Gasteiger partial charge in [0.15, 0.2) is 5.69 Å². The molecule has 2 heterocycles. The Morgan fingerprint density at radius 2 is 2.00 bits per heavy atom. The summed E-state index contributed by atoms with van der Waals surface area (Å²) in [6, 6.07) is -0.215. The summed E-state index contributed by atoms with van der Waals surface area (Å²) in [7, 11) is 0. The Balaban J connectivity index is 1.66. The van der Waals surface area contributed by atoms with Crippen molar-refractivity contribution in [2.24, 2.45) is 5.92 Å². The van der Waals surface area contributed by atoms with Crippen LogP contribution in [0, 0.1) is 12.8 Å². The van der Waals surface area contributed by atoms with Gasteiger partial charge in [-0.25, -0.2) is 4.63 Å². The summed E-state index contributed by atoms with van der Waals surface area (Å²) in [6.07, 6.45) is 6.37. The van der Waals surface area contributed by atoms with Crippen LogP contribution in [0.4, 0.5) is 0 Å². The van der Waals surface area contributed by atoms with Crippen LogP contribution < -0.4 is 5.32 Å². The molecule has 27 heavy (non-hydrogen) atoms. The summed E-state index contributed by atoms with van der Waals surface area (Å²) in [4.78, 5) is 27.5. The van der Waals surface area contributed by atoms with E-state index in [4.69, 9.17) is 4.74 Å². The van der Waals surface area contributed by atoms with E-state index in [1.807, 2.05) is 4.90 Å². The summed E-state index contributed by atoms with van der Waals surface area (Å²) < 4.78 is 10.6. The van der Waals surface area contributed by atoms with E-state index >= 15 is 0 Å². The van der Waals surface area contributed by atoms with E-state index in [-0.39, 0.29) is 35.6 Å². The molecule has 3 atom stereocenters. The van der Waals surface area contributed by atoms with Gasteiger partial charge in [0, 0.05) is 25.6 Å². The number of hydrogen-bond donors (Lipinski definition) is 1. The maximum atomic E-state index is 12.9. The molecule has 2 amide bonds. The molecule has 0 spiro atoms. The Hall–Kier alpha value is -1.96. The quantitative estimate of drug-likeness (QED) is 0.814. The zero-order chi connectivity index (χ0) is 19.2. The average molecular weight is 378 g/mol. The predicted molar refractivity (Wildman–Crippen MR) is 98.1 cm³/mol. The lowest BCUT2D eigenvalue weighted by Gasteiger charge is -2.38. The zero-order valence-corrected chi connectivity index (χ0v) is 16.3. The lowest BCUT2D eigenvalue weighted by molar-refractivity contribution is -0.139. The van der Waals surface area contributed by atoms with Crippen molar-refractivity contribution in [1.82, 2.24) is 20.5 Å². The summed E-state index contributed by atoms with van der Waals surface area (Å²) in [5.74, 6) is -0.163. The molecule has 0 unspecified atom stereocenters. The van der Waals surface area contributed by atoms with Crippen LogP contribution in [0.1, 0.15) is 68.1 Å². The minimum atomic E-state index is -0.324. The maximum Gasteiger partial charge on any atom is 0.275 e. The molecular formula is C19H30N4O4. The average Bonchev–Trinajstić information content (AvgIpc) is 3.13. The molecular weight excluding hydrogens is 348 g/mol. The highest BCUT2D eigenvalue weighted by Crippen LogP contribution is 2.29. The van der Waals surface area contributed by atoms with Crippen LogP contribution >= 0.6 is 0 Å². The second-order valence-corrected chi connectivity index (χ2v) is 7.58. The number of ether oxygens (including phenoxy) is 1. The monoisotopic (exact) mass is 378 g/mol. The minimum Gasteiger partial charge on any atom is -0.376 e. The molecule has 0 radical (unpaired) electrons. The first-order valence-electron chi connectivity index (χ1n) is 10.1. The fraction of sp³-hybridized carbons (Fsp3) is 0.789. The molecule has 8 nitrogen and oxygen atoms in total. The molecule has 1 aromatic heterocycles. The number of nitrogens with zero attached hydrogens (tertiary/aromatic N) is 3. The van der Waals surface area contributed by atoms with E-state index in [0.29, 0.717) is 18.7 Å². The second kappa shape index (κ2) is 9.30. The Morgan fingerprint density at radius 3 is 2.67 bits per heavy atom. The number of amides is 2. The Bertz CT molecular complexity index is 641. The molecule has 1 saturated carbocycles. The molecule has 1 aliphatic heterocycles. The molecule has 8 heteroatoms. The molecule has 2 fully saturated rings. The van der Waals surface area contributed by atoms with Gasteiger partial charge in [0.05, 0.1) is 12.1 Å². The van der Waals surface area contributed by atoms with Crippen molar-refractivity contribution in [1.29, 1.82) is 0 Å². The van der Waals surface area contributed by atoms with E-state index < -0.39 is 0 Å². The molecule has 150 valence electrons. The summed E-state index contributed by atoms with van der Waals surface area (Å²) in [6.45, 7) is 6.09. The standard InChI is InChI=1S/C19H30N4O4/c1-3-11-26-16-8-7-14(19(25)23-9-5-4-6-10-23)12-15(16)20-18(24)17-13(2)21-27-22-17/h14-16H,3-12H2,1-2H3,(H,20,24)/t14-,15+,16+/m0/s1. The number of likely N-dealkylation sites (tertiary alicyclic amines) is 1. The molecule has 1 N–H and O–H groups in total. The Labute approximate surface area is 160 Å². The summed E-state index contributed by atoms with van der Waals surface area (Å²) in [5, 5.41) is 10.4. The zero-order valence-electron chi connectivity index (χ0n) is 16.3. The van der Waals surface area contributed by atoms with Gasteiger partial charge >= 0.3 is 0 Å².